The van der Waals surface area contributed by atoms with Crippen molar-refractivity contribution in [2.45, 2.75) is 65.1 Å². The van der Waals surface area contributed by atoms with Crippen LogP contribution in [0.3, 0.4) is 0 Å². The second kappa shape index (κ2) is 9.37. The molecule has 0 spiro atoms. The Balaban J connectivity index is 2.47. The lowest BCUT2D eigenvalue weighted by Gasteiger charge is -2.26. The lowest BCUT2D eigenvalue weighted by molar-refractivity contribution is -0.163. The second-order valence-electron chi connectivity index (χ2n) is 5.44. The molecule has 1 rings (SSSR count). The minimum Gasteiger partial charge on any atom is -0.454 e. The summed E-state index contributed by atoms with van der Waals surface area (Å²) < 4.78 is 10.6. The average molecular weight is 294 g/mol. The summed E-state index contributed by atoms with van der Waals surface area (Å²) in [5.41, 5.74) is 0. The van der Waals surface area contributed by atoms with E-state index in [-0.39, 0.29) is 11.9 Å². The molecule has 0 aliphatic carbocycles. The lowest BCUT2D eigenvalue weighted by Crippen LogP contribution is -2.36. The highest BCUT2D eigenvalue weighted by molar-refractivity contribution is 5.83. The van der Waals surface area contributed by atoms with Gasteiger partial charge < -0.3 is 9.47 Å². The first-order valence-electron chi connectivity index (χ1n) is 7.80. The molecule has 4 heteroatoms. The monoisotopic (exact) mass is 294 g/mol. The Morgan fingerprint density at radius 3 is 2.86 bits per heavy atom. The molecule has 3 atom stereocenters. The van der Waals surface area contributed by atoms with E-state index in [1.54, 1.807) is 18.2 Å². The Morgan fingerprint density at radius 2 is 2.19 bits per heavy atom. The smallest absolute Gasteiger partial charge is 0.331 e. The van der Waals surface area contributed by atoms with Gasteiger partial charge in [-0.15, -0.1) is 0 Å². The van der Waals surface area contributed by atoms with E-state index in [0.29, 0.717) is 0 Å². The Bertz CT molecular complexity index is 398. The van der Waals surface area contributed by atoms with Gasteiger partial charge in [-0.3, -0.25) is 4.79 Å². The molecular formula is C17H26O4. The molecule has 0 radical (unpaired) electrons. The van der Waals surface area contributed by atoms with Gasteiger partial charge in [-0.2, -0.15) is 0 Å². The predicted molar refractivity (Wildman–Crippen MR) is 81.6 cm³/mol. The summed E-state index contributed by atoms with van der Waals surface area (Å²) >= 11 is 0. The quantitative estimate of drug-likeness (QED) is 0.390. The molecule has 0 saturated heterocycles. The Kier molecular flexibility index (Phi) is 7.80. The number of cyclic esters (lactones) is 1. The number of esters is 2. The van der Waals surface area contributed by atoms with E-state index in [1.165, 1.54) is 18.9 Å². The highest BCUT2D eigenvalue weighted by atomic mass is 16.6. The van der Waals surface area contributed by atoms with Crippen LogP contribution in [0.2, 0.25) is 0 Å². The highest BCUT2D eigenvalue weighted by Crippen LogP contribution is 2.18. The number of unbranched alkanes of at least 4 members (excludes halogenated alkanes) is 3. The van der Waals surface area contributed by atoms with Gasteiger partial charge in [-0.1, -0.05) is 45.6 Å². The number of rotatable bonds is 8. The number of hydrogen-bond donors (Lipinski definition) is 0. The van der Waals surface area contributed by atoms with Gasteiger partial charge in [0, 0.05) is 6.08 Å². The molecule has 0 aromatic rings. The summed E-state index contributed by atoms with van der Waals surface area (Å²) in [6.45, 7) is 5.88. The van der Waals surface area contributed by atoms with Crippen molar-refractivity contribution in [1.82, 2.24) is 0 Å². The fraction of sp³-hybridized carbons (Fsp3) is 0.647. The van der Waals surface area contributed by atoms with E-state index in [0.717, 1.165) is 19.3 Å². The molecule has 118 valence electrons. The first-order chi connectivity index (χ1) is 10.1. The molecule has 0 bridgehead atoms. The molecule has 21 heavy (non-hydrogen) atoms. The zero-order chi connectivity index (χ0) is 15.7. The molecule has 0 N–H and O–H groups in total. The first-order valence-corrected chi connectivity index (χ1v) is 7.80. The third-order valence-corrected chi connectivity index (χ3v) is 3.53. The van der Waals surface area contributed by atoms with Crippen molar-refractivity contribution in [1.29, 1.82) is 0 Å². The van der Waals surface area contributed by atoms with E-state index < -0.39 is 18.2 Å². The van der Waals surface area contributed by atoms with Gasteiger partial charge in [0.15, 0.2) is 12.2 Å². The molecule has 3 unspecified atom stereocenters. The maximum Gasteiger partial charge on any atom is 0.331 e. The van der Waals surface area contributed by atoms with Crippen LogP contribution in [0.1, 0.15) is 52.9 Å². The van der Waals surface area contributed by atoms with Crippen LogP contribution < -0.4 is 0 Å². The maximum atomic E-state index is 12.1. The molecule has 0 aromatic heterocycles. The molecule has 1 heterocycles. The molecule has 0 fully saturated rings. The zero-order valence-electron chi connectivity index (χ0n) is 13.2. The standard InChI is InChI=1S/C17H26O4/c1-4-6-7-8-10-13(3)17(19)21-15-11-12-16(18)20-14(15)9-5-2/h5,9,11-15H,4,6-8,10H2,1-3H3. The molecule has 4 nitrogen and oxygen atoms in total. The SMILES string of the molecule is CC=CC1OC(=O)C=CC1OC(=O)C(C)CCCCCC. The van der Waals surface area contributed by atoms with Crippen LogP contribution in [0.15, 0.2) is 24.3 Å². The van der Waals surface area contributed by atoms with Crippen molar-refractivity contribution in [2.75, 3.05) is 0 Å². The van der Waals surface area contributed by atoms with Crippen LogP contribution in [-0.2, 0) is 19.1 Å². The number of carbonyl (C=O) groups excluding carboxylic acids is 2. The largest absolute Gasteiger partial charge is 0.454 e. The van der Waals surface area contributed by atoms with E-state index in [2.05, 4.69) is 6.92 Å². The van der Waals surface area contributed by atoms with Gasteiger partial charge >= 0.3 is 11.9 Å². The summed E-state index contributed by atoms with van der Waals surface area (Å²) in [5, 5.41) is 0. The summed E-state index contributed by atoms with van der Waals surface area (Å²) in [6, 6.07) is 0. The number of carbonyl (C=O) groups is 2. The van der Waals surface area contributed by atoms with Crippen molar-refractivity contribution >= 4 is 11.9 Å². The molecule has 1 aliphatic rings. The molecule has 0 saturated carbocycles. The summed E-state index contributed by atoms with van der Waals surface area (Å²) in [6.07, 6.45) is 10.8. The van der Waals surface area contributed by atoms with Crippen molar-refractivity contribution in [3.05, 3.63) is 24.3 Å². The third-order valence-electron chi connectivity index (χ3n) is 3.53. The fourth-order valence-corrected chi connectivity index (χ4v) is 2.21. The van der Waals surface area contributed by atoms with E-state index in [1.807, 2.05) is 13.8 Å². The second-order valence-corrected chi connectivity index (χ2v) is 5.44. The van der Waals surface area contributed by atoms with Gasteiger partial charge in [-0.05, 0) is 25.5 Å². The Hall–Kier alpha value is -1.58. The van der Waals surface area contributed by atoms with Crippen LogP contribution in [0.5, 0.6) is 0 Å². The predicted octanol–water partition coefficient (Wildman–Crippen LogP) is 3.56. The summed E-state index contributed by atoms with van der Waals surface area (Å²) in [5.74, 6) is -0.759. The normalized spacial score (nSPS) is 23.1. The van der Waals surface area contributed by atoms with Crippen molar-refractivity contribution in [3.8, 4) is 0 Å². The third kappa shape index (κ3) is 6.15. The molecule has 1 aliphatic heterocycles. The minimum absolute atomic E-state index is 0.126. The van der Waals surface area contributed by atoms with Crippen LogP contribution in [-0.4, -0.2) is 24.1 Å². The van der Waals surface area contributed by atoms with Crippen LogP contribution in [0.4, 0.5) is 0 Å². The molecule has 0 aromatic carbocycles. The van der Waals surface area contributed by atoms with Crippen LogP contribution in [0.25, 0.3) is 0 Å². The van der Waals surface area contributed by atoms with Crippen LogP contribution >= 0.6 is 0 Å². The van der Waals surface area contributed by atoms with Crippen LogP contribution in [0, 0.1) is 5.92 Å². The van der Waals surface area contributed by atoms with Gasteiger partial charge in [0.05, 0.1) is 5.92 Å². The van der Waals surface area contributed by atoms with Gasteiger partial charge in [0.25, 0.3) is 0 Å². The molecule has 0 amide bonds. The lowest BCUT2D eigenvalue weighted by atomic mass is 10.0. The van der Waals surface area contributed by atoms with Gasteiger partial charge in [0.2, 0.25) is 0 Å². The van der Waals surface area contributed by atoms with Crippen molar-refractivity contribution in [3.63, 3.8) is 0 Å². The summed E-state index contributed by atoms with van der Waals surface area (Å²) in [7, 11) is 0. The summed E-state index contributed by atoms with van der Waals surface area (Å²) in [4.78, 5) is 23.3. The first kappa shape index (κ1) is 17.5. The van der Waals surface area contributed by atoms with E-state index >= 15 is 0 Å². The Morgan fingerprint density at radius 1 is 1.43 bits per heavy atom. The number of ether oxygens (including phenoxy) is 2. The van der Waals surface area contributed by atoms with Gasteiger partial charge in [0.1, 0.15) is 0 Å². The van der Waals surface area contributed by atoms with Crippen molar-refractivity contribution < 1.29 is 19.1 Å². The maximum absolute atomic E-state index is 12.1. The minimum atomic E-state index is -0.524. The zero-order valence-corrected chi connectivity index (χ0v) is 13.2. The Labute approximate surface area is 127 Å². The fourth-order valence-electron chi connectivity index (χ4n) is 2.21. The van der Waals surface area contributed by atoms with Gasteiger partial charge in [-0.25, -0.2) is 4.79 Å². The topological polar surface area (TPSA) is 52.6 Å². The average Bonchev–Trinajstić information content (AvgIpc) is 2.46. The highest BCUT2D eigenvalue weighted by Gasteiger charge is 2.29. The van der Waals surface area contributed by atoms with E-state index in [4.69, 9.17) is 9.47 Å². The van der Waals surface area contributed by atoms with E-state index in [9.17, 15) is 9.59 Å². The number of hydrogen-bond acceptors (Lipinski definition) is 4. The molecular weight excluding hydrogens is 268 g/mol. The number of allylic oxidation sites excluding steroid dienone is 1. The van der Waals surface area contributed by atoms with Crippen molar-refractivity contribution in [2.24, 2.45) is 5.92 Å².